The van der Waals surface area contributed by atoms with Crippen molar-refractivity contribution in [1.29, 1.82) is 5.26 Å². The van der Waals surface area contributed by atoms with E-state index < -0.39 is 114 Å². The van der Waals surface area contributed by atoms with E-state index in [9.17, 15) is 60.0 Å². The van der Waals surface area contributed by atoms with Gasteiger partial charge in [-0.1, -0.05) is 44.2 Å². The zero-order valence-electron chi connectivity index (χ0n) is 51.7. The van der Waals surface area contributed by atoms with Crippen LogP contribution >= 0.6 is 11.3 Å². The van der Waals surface area contributed by atoms with Crippen LogP contribution in [0.3, 0.4) is 0 Å². The molecule has 3 atom stereocenters. The highest BCUT2D eigenvalue weighted by Gasteiger charge is 2.44. The summed E-state index contributed by atoms with van der Waals surface area (Å²) in [5, 5.41) is 72.5. The van der Waals surface area contributed by atoms with Gasteiger partial charge in [0.15, 0.2) is 28.3 Å². The van der Waals surface area contributed by atoms with Gasteiger partial charge in [0, 0.05) is 119 Å². The first-order valence-corrected chi connectivity index (χ1v) is 30.7. The lowest BCUT2D eigenvalue weighted by Crippen LogP contribution is -2.47. The Labute approximate surface area is 546 Å². The van der Waals surface area contributed by atoms with Crippen LogP contribution in [0.15, 0.2) is 102 Å². The highest BCUT2D eigenvalue weighted by molar-refractivity contribution is 7.22. The number of urea groups is 2. The number of alkyl halides is 6. The molecular weight excluding hydrogens is 1310 g/mol. The Morgan fingerprint density at radius 2 is 1.03 bits per heavy atom. The Balaban J connectivity index is 0.000000184. The van der Waals surface area contributed by atoms with Gasteiger partial charge in [-0.3, -0.25) is 25.6 Å². The van der Waals surface area contributed by atoms with E-state index in [4.69, 9.17) is 20.6 Å². The fourth-order valence-corrected chi connectivity index (χ4v) is 11.5. The molecule has 10 rings (SSSR count). The number of rotatable bonds is 12. The van der Waals surface area contributed by atoms with Crippen molar-refractivity contribution in [3.05, 3.63) is 171 Å². The molecule has 4 amide bonds. The van der Waals surface area contributed by atoms with Crippen LogP contribution in [0.5, 0.6) is 0 Å². The maximum atomic E-state index is 15.6. The number of aliphatic hydroxyl groups is 6. The SMILES string of the molecule is CC(C)(C)c1ccc(N=C(NC#N)N2CCC(F)(c3ncc([C@H](O)CO)cc3F)CC2)cc1.O=C(Nc1ccc(C(F)(F)F)c(F)c1)N1CCC(F)(c2ncc([C@H](O)CO)cc2F)CC1.O=C(Nc1nc2ccc(F)cc2s1)N1CCC(F)(c2ncc([C@H](O)CO)cc2F)CC1. The molecule has 0 radical (unpaired) electrons. The van der Waals surface area contributed by atoms with Crippen molar-refractivity contribution in [2.45, 2.75) is 106 Å². The van der Waals surface area contributed by atoms with Gasteiger partial charge in [-0.2, -0.15) is 18.4 Å². The quantitative estimate of drug-likeness (QED) is 0.0181. The molecule has 96 heavy (non-hydrogen) atoms. The molecule has 7 heterocycles. The summed E-state index contributed by atoms with van der Waals surface area (Å²) < 4.78 is 155. The predicted octanol–water partition coefficient (Wildman–Crippen LogP) is 10.9. The van der Waals surface area contributed by atoms with Crippen molar-refractivity contribution in [3.63, 3.8) is 0 Å². The number of carbonyl (C=O) groups excluding carboxylic acids is 2. The maximum Gasteiger partial charge on any atom is 0.419 e. The van der Waals surface area contributed by atoms with Gasteiger partial charge < -0.3 is 50.7 Å². The molecule has 0 saturated carbocycles. The number of aromatic nitrogens is 4. The molecule has 9 N–H and O–H groups in total. The number of nitriles is 1. The first kappa shape index (κ1) is 73.1. The van der Waals surface area contributed by atoms with E-state index in [1.807, 2.05) is 30.5 Å². The third-order valence-corrected chi connectivity index (χ3v) is 17.2. The van der Waals surface area contributed by atoms with Crippen LogP contribution in [0, 0.1) is 40.5 Å². The average Bonchev–Trinajstić information content (AvgIpc) is 1.44. The minimum Gasteiger partial charge on any atom is -0.393 e. The standard InChI is InChI=1S/C24H29F2N5O2.C20H19F6N3O3.C20H19F3N4O3S/c1-23(2,3)17-4-6-18(7-5-17)30-22(29-15-27)31-10-8-24(26,9-11-31)21-19(25)12-16(13-28-21)20(33)14-32;21-14-8-12(1-2-13(14)20(24,25)26)28-18(32)29-5-3-19(23,4-6-29)17-15(22)7-11(9-27-17)16(31)10-30;21-12-1-2-14-16(8-12)31-18(25-14)26-19(30)27-5-3-20(23,4-6-27)17-13(22)7-11(9-24-17)15(29)10-28/h4-7,12-13,20,32-33H,8-11,14H2,1-3H3,(H,29,30);1-2,7-9,16,30-31H,3-6,10H2,(H,28,32);1-2,7-9,15,28-29H,3-6,10H2,(H,25,26,30)/t20-;16-;15-/m111/s1. The molecule has 0 bridgehead atoms. The molecule has 3 fully saturated rings. The van der Waals surface area contributed by atoms with Gasteiger partial charge in [-0.25, -0.2) is 54.7 Å². The number of aliphatic hydroxyl groups excluding tert-OH is 6. The van der Waals surface area contributed by atoms with E-state index >= 15 is 13.2 Å². The maximum absolute atomic E-state index is 15.6. The van der Waals surface area contributed by atoms with Crippen molar-refractivity contribution in [1.82, 2.24) is 40.0 Å². The molecule has 20 nitrogen and oxygen atoms in total. The van der Waals surface area contributed by atoms with Crippen LogP contribution < -0.4 is 16.0 Å². The summed E-state index contributed by atoms with van der Waals surface area (Å²) in [5.74, 6) is -4.42. The number of aliphatic imine (C=N–C) groups is 1. The normalized spacial score (nSPS) is 17.2. The number of fused-ring (bicyclic) bond motifs is 1. The highest BCUT2D eigenvalue weighted by atomic mass is 32.1. The summed E-state index contributed by atoms with van der Waals surface area (Å²) in [6.45, 7) is 4.65. The fraction of sp³-hybridized carbons (Fsp3) is 0.406. The molecule has 4 aromatic heterocycles. The van der Waals surface area contributed by atoms with E-state index in [2.05, 4.69) is 61.6 Å². The molecule has 0 aliphatic carbocycles. The number of pyridine rings is 3. The number of halogens is 11. The first-order chi connectivity index (χ1) is 45.3. The summed E-state index contributed by atoms with van der Waals surface area (Å²) in [6.07, 6.45) is -4.59. The minimum atomic E-state index is -4.87. The summed E-state index contributed by atoms with van der Waals surface area (Å²) in [7, 11) is 0. The molecule has 32 heteroatoms. The average molecular weight is 1370 g/mol. The van der Waals surface area contributed by atoms with Crippen molar-refractivity contribution in [3.8, 4) is 6.19 Å². The van der Waals surface area contributed by atoms with E-state index in [0.29, 0.717) is 39.1 Å². The molecule has 7 aromatic rings. The Hall–Kier alpha value is -8.71. The number of thiazole rings is 1. The number of amides is 4. The van der Waals surface area contributed by atoms with E-state index in [1.165, 1.54) is 29.3 Å². The van der Waals surface area contributed by atoms with Crippen LogP contribution in [0.1, 0.15) is 123 Å². The molecule has 3 aliphatic rings. The lowest BCUT2D eigenvalue weighted by atomic mass is 9.87. The number of hydrogen-bond donors (Lipinski definition) is 9. The van der Waals surface area contributed by atoms with E-state index in [0.717, 1.165) is 58.5 Å². The van der Waals surface area contributed by atoms with Crippen LogP contribution in [-0.4, -0.2) is 142 Å². The summed E-state index contributed by atoms with van der Waals surface area (Å²) in [6, 6.07) is 15.3. The molecule has 3 aliphatic heterocycles. The number of nitrogens with one attached hydrogen (secondary N) is 3. The first-order valence-electron chi connectivity index (χ1n) is 29.9. The molecule has 0 unspecified atom stereocenters. The smallest absolute Gasteiger partial charge is 0.393 e. The van der Waals surface area contributed by atoms with Crippen LogP contribution in [-0.2, 0) is 28.6 Å². The number of benzene rings is 3. The van der Waals surface area contributed by atoms with Crippen molar-refractivity contribution >= 4 is 56.1 Å². The van der Waals surface area contributed by atoms with Crippen LogP contribution in [0.25, 0.3) is 10.2 Å². The summed E-state index contributed by atoms with van der Waals surface area (Å²) >= 11 is 1.13. The lowest BCUT2D eigenvalue weighted by Gasteiger charge is -2.37. The number of hydrogen-bond acceptors (Lipinski definition) is 15. The summed E-state index contributed by atoms with van der Waals surface area (Å²) in [5.41, 5.74) is -6.60. The van der Waals surface area contributed by atoms with Crippen molar-refractivity contribution < 1.29 is 88.5 Å². The molecule has 3 aromatic carbocycles. The highest BCUT2D eigenvalue weighted by Crippen LogP contribution is 2.42. The topological polar surface area (TPSA) is 289 Å². The van der Waals surface area contributed by atoms with E-state index in [1.54, 1.807) is 4.90 Å². The number of guanidine groups is 1. The number of piperidine rings is 3. The largest absolute Gasteiger partial charge is 0.419 e. The molecule has 514 valence electrons. The number of carbonyl (C=O) groups is 2. The Kier molecular flexibility index (Phi) is 23.3. The zero-order valence-corrected chi connectivity index (χ0v) is 52.5. The number of likely N-dealkylation sites (tertiary alicyclic amines) is 3. The Morgan fingerprint density at radius 3 is 1.42 bits per heavy atom. The third-order valence-electron chi connectivity index (χ3n) is 16.3. The minimum absolute atomic E-state index is 0.00496. The van der Waals surface area contributed by atoms with E-state index in [-0.39, 0.29) is 117 Å². The van der Waals surface area contributed by atoms with Gasteiger partial charge in [-0.05, 0) is 77.7 Å². The van der Waals surface area contributed by atoms with Gasteiger partial charge in [0.2, 0.25) is 5.96 Å². The second-order valence-corrected chi connectivity index (χ2v) is 24.9. The molecular formula is C64H67F11N12O8S. The van der Waals surface area contributed by atoms with Crippen molar-refractivity contribution in [2.24, 2.45) is 4.99 Å². The Bertz CT molecular complexity index is 3950. The van der Waals surface area contributed by atoms with Gasteiger partial charge in [0.05, 0.1) is 41.3 Å². The van der Waals surface area contributed by atoms with Gasteiger partial charge in [-0.15, -0.1) is 0 Å². The second kappa shape index (κ2) is 30.6. The van der Waals surface area contributed by atoms with Crippen LogP contribution in [0.2, 0.25) is 0 Å². The summed E-state index contributed by atoms with van der Waals surface area (Å²) in [4.78, 5) is 49.4. The van der Waals surface area contributed by atoms with Crippen LogP contribution in [0.4, 0.5) is 74.4 Å². The number of nitrogens with zero attached hydrogens (tertiary/aromatic N) is 9. The monoisotopic (exact) mass is 1370 g/mol. The number of anilines is 2. The molecule has 0 spiro atoms. The predicted molar refractivity (Wildman–Crippen MR) is 330 cm³/mol. The van der Waals surface area contributed by atoms with Crippen molar-refractivity contribution in [2.75, 3.05) is 69.7 Å². The molecule has 3 saturated heterocycles. The second-order valence-electron chi connectivity index (χ2n) is 23.9. The Morgan fingerprint density at radius 1 is 0.604 bits per heavy atom. The fourth-order valence-electron chi connectivity index (χ4n) is 10.7. The van der Waals surface area contributed by atoms with Gasteiger partial charge in [0.1, 0.15) is 64.5 Å². The van der Waals surface area contributed by atoms with Gasteiger partial charge in [0.25, 0.3) is 0 Å². The zero-order chi connectivity index (χ0) is 70.1. The van der Waals surface area contributed by atoms with Gasteiger partial charge >= 0.3 is 18.2 Å². The lowest BCUT2D eigenvalue weighted by molar-refractivity contribution is -0.140. The third kappa shape index (κ3) is 17.7.